The SMILES string of the molecule is CC1Cc2c(CNO)c3c(c(O)c2O1)CC(C)O3. The van der Waals surface area contributed by atoms with Crippen molar-refractivity contribution in [1.82, 2.24) is 5.48 Å². The van der Waals surface area contributed by atoms with Crippen molar-refractivity contribution in [1.29, 1.82) is 0 Å². The van der Waals surface area contributed by atoms with Crippen LogP contribution in [-0.2, 0) is 19.4 Å². The van der Waals surface area contributed by atoms with E-state index in [1.54, 1.807) is 0 Å². The van der Waals surface area contributed by atoms with Gasteiger partial charge in [-0.3, -0.25) is 0 Å². The third-order valence-corrected chi connectivity index (χ3v) is 3.56. The van der Waals surface area contributed by atoms with Crippen molar-refractivity contribution < 1.29 is 19.8 Å². The number of rotatable bonds is 2. The molecule has 0 amide bonds. The summed E-state index contributed by atoms with van der Waals surface area (Å²) in [6.45, 7) is 4.22. The largest absolute Gasteiger partial charge is 0.504 e. The lowest BCUT2D eigenvalue weighted by Crippen LogP contribution is -2.12. The zero-order valence-corrected chi connectivity index (χ0v) is 10.5. The number of fused-ring (bicyclic) bond motifs is 2. The minimum absolute atomic E-state index is 0.0447. The molecule has 0 saturated carbocycles. The van der Waals surface area contributed by atoms with Gasteiger partial charge in [0.05, 0.1) is 0 Å². The highest BCUT2D eigenvalue weighted by Gasteiger charge is 2.35. The molecule has 3 rings (SSSR count). The summed E-state index contributed by atoms with van der Waals surface area (Å²) in [6, 6.07) is 0. The average Bonchev–Trinajstić information content (AvgIpc) is 2.88. The van der Waals surface area contributed by atoms with E-state index >= 15 is 0 Å². The van der Waals surface area contributed by atoms with E-state index in [1.165, 1.54) is 0 Å². The molecule has 0 bridgehead atoms. The first-order chi connectivity index (χ1) is 8.61. The molecule has 0 aliphatic carbocycles. The zero-order chi connectivity index (χ0) is 12.9. The Hall–Kier alpha value is -1.46. The van der Waals surface area contributed by atoms with Crippen LogP contribution in [0.3, 0.4) is 0 Å². The summed E-state index contributed by atoms with van der Waals surface area (Å²) in [5.74, 6) is 1.47. The molecule has 0 saturated heterocycles. The number of phenolic OH excluding ortho intramolecular Hbond substituents is 1. The number of hydrogen-bond donors (Lipinski definition) is 3. The Labute approximate surface area is 105 Å². The van der Waals surface area contributed by atoms with E-state index in [1.807, 2.05) is 13.8 Å². The molecule has 0 aromatic heterocycles. The Morgan fingerprint density at radius 1 is 1.11 bits per heavy atom. The summed E-state index contributed by atoms with van der Waals surface area (Å²) in [4.78, 5) is 0. The molecule has 1 aromatic rings. The van der Waals surface area contributed by atoms with E-state index in [2.05, 4.69) is 5.48 Å². The minimum atomic E-state index is 0.0447. The van der Waals surface area contributed by atoms with Gasteiger partial charge in [-0.15, -0.1) is 0 Å². The molecule has 3 N–H and O–H groups in total. The lowest BCUT2D eigenvalue weighted by molar-refractivity contribution is 0.158. The van der Waals surface area contributed by atoms with E-state index in [0.717, 1.165) is 23.1 Å². The van der Waals surface area contributed by atoms with Crippen LogP contribution in [0, 0.1) is 0 Å². The van der Waals surface area contributed by atoms with Gasteiger partial charge in [0, 0.05) is 36.1 Å². The highest BCUT2D eigenvalue weighted by atomic mass is 16.5. The van der Waals surface area contributed by atoms with Crippen molar-refractivity contribution >= 4 is 0 Å². The van der Waals surface area contributed by atoms with Crippen molar-refractivity contribution in [3.05, 3.63) is 16.7 Å². The van der Waals surface area contributed by atoms with Crippen molar-refractivity contribution in [2.45, 2.75) is 45.4 Å². The predicted molar refractivity (Wildman–Crippen MR) is 64.3 cm³/mol. The van der Waals surface area contributed by atoms with Gasteiger partial charge >= 0.3 is 0 Å². The molecule has 0 radical (unpaired) electrons. The van der Waals surface area contributed by atoms with E-state index in [0.29, 0.717) is 24.5 Å². The molecule has 0 fully saturated rings. The molecule has 2 aliphatic rings. The van der Waals surface area contributed by atoms with Crippen molar-refractivity contribution in [3.8, 4) is 17.2 Å². The van der Waals surface area contributed by atoms with Gasteiger partial charge in [0.1, 0.15) is 18.0 Å². The second-order valence-corrected chi connectivity index (χ2v) is 5.04. The first-order valence-corrected chi connectivity index (χ1v) is 6.21. The van der Waals surface area contributed by atoms with Crippen LogP contribution in [0.2, 0.25) is 0 Å². The van der Waals surface area contributed by atoms with Crippen LogP contribution in [0.15, 0.2) is 0 Å². The van der Waals surface area contributed by atoms with Crippen molar-refractivity contribution in [3.63, 3.8) is 0 Å². The normalized spacial score (nSPS) is 24.4. The van der Waals surface area contributed by atoms with Crippen LogP contribution in [0.25, 0.3) is 0 Å². The summed E-state index contributed by atoms with van der Waals surface area (Å²) in [7, 11) is 0. The van der Waals surface area contributed by atoms with Crippen molar-refractivity contribution in [2.24, 2.45) is 0 Å². The van der Waals surface area contributed by atoms with Crippen LogP contribution in [0.1, 0.15) is 30.5 Å². The van der Waals surface area contributed by atoms with Gasteiger partial charge in [0.2, 0.25) is 0 Å². The molecule has 18 heavy (non-hydrogen) atoms. The maximum absolute atomic E-state index is 10.3. The third-order valence-electron chi connectivity index (χ3n) is 3.56. The van der Waals surface area contributed by atoms with Gasteiger partial charge in [-0.1, -0.05) is 0 Å². The molecule has 2 atom stereocenters. The van der Waals surface area contributed by atoms with Crippen LogP contribution in [-0.4, -0.2) is 22.5 Å². The Kier molecular flexibility index (Phi) is 2.60. The monoisotopic (exact) mass is 251 g/mol. The smallest absolute Gasteiger partial charge is 0.165 e. The molecule has 1 aromatic carbocycles. The molecular formula is C13H17NO4. The van der Waals surface area contributed by atoms with Gasteiger partial charge in [-0.25, -0.2) is 5.48 Å². The van der Waals surface area contributed by atoms with Crippen LogP contribution >= 0.6 is 0 Å². The number of nitrogens with one attached hydrogen (secondary N) is 1. The number of benzene rings is 1. The number of hydroxylamine groups is 1. The fourth-order valence-corrected chi connectivity index (χ4v) is 2.84. The Bertz CT molecular complexity index is 461. The summed E-state index contributed by atoms with van der Waals surface area (Å²) in [5.41, 5.74) is 4.80. The van der Waals surface area contributed by atoms with Crippen molar-refractivity contribution in [2.75, 3.05) is 0 Å². The summed E-state index contributed by atoms with van der Waals surface area (Å²) < 4.78 is 11.4. The van der Waals surface area contributed by atoms with Gasteiger partial charge in [0.25, 0.3) is 0 Å². The standard InChI is InChI=1S/C13H17NO4/c1-6-3-8-10(5-14-16)12-9(4-7(2)17-12)11(15)13(8)18-6/h6-7,14-16H,3-5H2,1-2H3. The predicted octanol–water partition coefficient (Wildman–Crippen LogP) is 1.52. The highest BCUT2D eigenvalue weighted by molar-refractivity contribution is 5.65. The van der Waals surface area contributed by atoms with Gasteiger partial charge in [0.15, 0.2) is 11.5 Å². The van der Waals surface area contributed by atoms with E-state index in [9.17, 15) is 5.11 Å². The molecule has 2 unspecified atom stereocenters. The molecule has 0 spiro atoms. The van der Waals surface area contributed by atoms with Crippen LogP contribution in [0.5, 0.6) is 17.2 Å². The fourth-order valence-electron chi connectivity index (χ4n) is 2.84. The molecule has 2 heterocycles. The molecular weight excluding hydrogens is 234 g/mol. The third kappa shape index (κ3) is 1.54. The Balaban J connectivity index is 2.19. The first kappa shape index (κ1) is 11.6. The first-order valence-electron chi connectivity index (χ1n) is 6.21. The van der Waals surface area contributed by atoms with E-state index < -0.39 is 0 Å². The molecule has 98 valence electrons. The molecule has 5 heteroatoms. The van der Waals surface area contributed by atoms with E-state index in [-0.39, 0.29) is 18.0 Å². The Morgan fingerprint density at radius 3 is 2.39 bits per heavy atom. The van der Waals surface area contributed by atoms with Crippen LogP contribution in [0.4, 0.5) is 0 Å². The topological polar surface area (TPSA) is 71.0 Å². The highest BCUT2D eigenvalue weighted by Crippen LogP contribution is 2.50. The lowest BCUT2D eigenvalue weighted by Gasteiger charge is -2.14. The number of hydrogen-bond acceptors (Lipinski definition) is 5. The second kappa shape index (κ2) is 4.03. The fraction of sp³-hybridized carbons (Fsp3) is 0.538. The lowest BCUT2D eigenvalue weighted by atomic mass is 9.97. The summed E-state index contributed by atoms with van der Waals surface area (Å²) >= 11 is 0. The number of phenols is 1. The number of aromatic hydroxyl groups is 1. The van der Waals surface area contributed by atoms with Gasteiger partial charge in [-0.2, -0.15) is 0 Å². The average molecular weight is 251 g/mol. The number of ether oxygens (including phenoxy) is 2. The van der Waals surface area contributed by atoms with Gasteiger partial charge in [-0.05, 0) is 13.8 Å². The summed E-state index contributed by atoms with van der Waals surface area (Å²) in [6.07, 6.45) is 1.49. The Morgan fingerprint density at radius 2 is 1.72 bits per heavy atom. The quantitative estimate of drug-likeness (QED) is 0.695. The second-order valence-electron chi connectivity index (χ2n) is 5.04. The molecule has 5 nitrogen and oxygen atoms in total. The van der Waals surface area contributed by atoms with Crippen LogP contribution < -0.4 is 15.0 Å². The minimum Gasteiger partial charge on any atom is -0.504 e. The maximum atomic E-state index is 10.3. The molecule has 2 aliphatic heterocycles. The summed E-state index contributed by atoms with van der Waals surface area (Å²) in [5, 5.41) is 19.2. The van der Waals surface area contributed by atoms with E-state index in [4.69, 9.17) is 14.7 Å². The zero-order valence-electron chi connectivity index (χ0n) is 10.5. The maximum Gasteiger partial charge on any atom is 0.165 e. The van der Waals surface area contributed by atoms with Gasteiger partial charge < -0.3 is 19.8 Å².